The Morgan fingerprint density at radius 2 is 1.70 bits per heavy atom. The molecule has 0 saturated heterocycles. The van der Waals surface area contributed by atoms with Crippen molar-refractivity contribution >= 4 is 40.5 Å². The van der Waals surface area contributed by atoms with E-state index in [1.807, 2.05) is 30.3 Å². The molecule has 1 fully saturated rings. The number of rotatable bonds is 4. The Hall–Kier alpha value is -2.11. The number of amides is 1. The number of hydrogen-bond donors (Lipinski definition) is 2. The molecule has 0 spiro atoms. The molecule has 6 heteroatoms. The van der Waals surface area contributed by atoms with Crippen LogP contribution in [0.3, 0.4) is 0 Å². The third-order valence-corrected chi connectivity index (χ3v) is 5.53. The first-order chi connectivity index (χ1) is 12.9. The summed E-state index contributed by atoms with van der Waals surface area (Å²) >= 11 is 12.0. The highest BCUT2D eigenvalue weighted by Crippen LogP contribution is 2.41. The Labute approximate surface area is 170 Å². The fourth-order valence-electron chi connectivity index (χ4n) is 3.62. The monoisotopic (exact) mass is 401 g/mol. The van der Waals surface area contributed by atoms with Crippen molar-refractivity contribution in [2.45, 2.75) is 31.2 Å². The molecule has 1 saturated carbocycles. The molecule has 0 aromatic heterocycles. The Morgan fingerprint density at radius 1 is 1.07 bits per heavy atom. The van der Waals surface area contributed by atoms with Gasteiger partial charge in [-0.05, 0) is 61.0 Å². The van der Waals surface area contributed by atoms with Crippen molar-refractivity contribution in [2.75, 3.05) is 19.4 Å². The summed E-state index contributed by atoms with van der Waals surface area (Å²) in [6.07, 6.45) is 4.27. The molecule has 1 aliphatic rings. The number of benzene rings is 2. The van der Waals surface area contributed by atoms with Gasteiger partial charge in [-0.3, -0.25) is 4.79 Å². The molecule has 2 N–H and O–H groups in total. The lowest BCUT2D eigenvalue weighted by Gasteiger charge is -2.33. The molecule has 0 radical (unpaired) electrons. The Bertz CT molecular complexity index is 830. The number of carbonyl (C=O) groups excluding carboxylic acids is 1. The van der Waals surface area contributed by atoms with E-state index in [4.69, 9.17) is 23.8 Å². The number of carbonyl (C=O) groups is 1. The van der Waals surface area contributed by atoms with Gasteiger partial charge in [-0.2, -0.15) is 0 Å². The third-order valence-electron chi connectivity index (χ3n) is 5.00. The molecule has 3 rings (SSSR count). The Morgan fingerprint density at radius 3 is 2.30 bits per heavy atom. The smallest absolute Gasteiger partial charge is 0.253 e. The zero-order valence-corrected chi connectivity index (χ0v) is 17.2. The molecule has 0 unspecified atom stereocenters. The van der Waals surface area contributed by atoms with E-state index < -0.39 is 0 Å². The van der Waals surface area contributed by atoms with Crippen LogP contribution in [0, 0.1) is 0 Å². The highest BCUT2D eigenvalue weighted by molar-refractivity contribution is 7.80. The van der Waals surface area contributed by atoms with E-state index in [1.165, 1.54) is 0 Å². The fraction of sp³-hybridized carbons (Fsp3) is 0.333. The van der Waals surface area contributed by atoms with Gasteiger partial charge in [0.15, 0.2) is 5.11 Å². The summed E-state index contributed by atoms with van der Waals surface area (Å²) in [4.78, 5) is 13.6. The molecule has 0 aliphatic heterocycles. The highest BCUT2D eigenvalue weighted by Gasteiger charge is 2.37. The summed E-state index contributed by atoms with van der Waals surface area (Å²) < 4.78 is 0. The largest absolute Gasteiger partial charge is 0.353 e. The molecular weight excluding hydrogens is 378 g/mol. The van der Waals surface area contributed by atoms with Crippen molar-refractivity contribution in [3.8, 4) is 0 Å². The minimum absolute atomic E-state index is 0.0223. The lowest BCUT2D eigenvalue weighted by molar-refractivity contribution is 0.0827. The number of nitrogens with zero attached hydrogens (tertiary/aromatic N) is 1. The molecule has 142 valence electrons. The average molecular weight is 402 g/mol. The van der Waals surface area contributed by atoms with Gasteiger partial charge < -0.3 is 15.5 Å². The van der Waals surface area contributed by atoms with Crippen LogP contribution in [0.25, 0.3) is 0 Å². The van der Waals surface area contributed by atoms with Crippen molar-refractivity contribution < 1.29 is 4.79 Å². The number of nitrogens with one attached hydrogen (secondary N) is 2. The molecular formula is C21H24ClN3OS. The zero-order valence-electron chi connectivity index (χ0n) is 15.6. The lowest BCUT2D eigenvalue weighted by Crippen LogP contribution is -2.45. The predicted octanol–water partition coefficient (Wildman–Crippen LogP) is 4.80. The second kappa shape index (κ2) is 8.28. The van der Waals surface area contributed by atoms with Gasteiger partial charge in [0.25, 0.3) is 5.91 Å². The first-order valence-corrected chi connectivity index (χ1v) is 9.86. The van der Waals surface area contributed by atoms with Gasteiger partial charge in [0.1, 0.15) is 0 Å². The van der Waals surface area contributed by atoms with Crippen molar-refractivity contribution in [3.05, 3.63) is 64.7 Å². The predicted molar refractivity (Wildman–Crippen MR) is 115 cm³/mol. The molecule has 4 nitrogen and oxygen atoms in total. The van der Waals surface area contributed by atoms with E-state index in [2.05, 4.69) is 16.7 Å². The maximum Gasteiger partial charge on any atom is 0.253 e. The SMILES string of the molecule is CN(C)C(=O)c1ccc(NC(=S)NC2(c3ccccc3Cl)CCCC2)cc1. The maximum absolute atomic E-state index is 12.0. The molecule has 2 aromatic rings. The third kappa shape index (κ3) is 4.42. The summed E-state index contributed by atoms with van der Waals surface area (Å²) in [6.45, 7) is 0. The quantitative estimate of drug-likeness (QED) is 0.722. The summed E-state index contributed by atoms with van der Waals surface area (Å²) in [6, 6.07) is 15.3. The van der Waals surface area contributed by atoms with E-state index in [-0.39, 0.29) is 11.4 Å². The van der Waals surface area contributed by atoms with Gasteiger partial charge in [0, 0.05) is 30.4 Å². The summed E-state index contributed by atoms with van der Waals surface area (Å²) in [5.41, 5.74) is 2.35. The number of thiocarbonyl (C=S) groups is 1. The van der Waals surface area contributed by atoms with E-state index in [1.54, 1.807) is 31.1 Å². The van der Waals surface area contributed by atoms with Gasteiger partial charge in [-0.15, -0.1) is 0 Å². The molecule has 27 heavy (non-hydrogen) atoms. The van der Waals surface area contributed by atoms with Crippen LogP contribution in [0.2, 0.25) is 5.02 Å². The summed E-state index contributed by atoms with van der Waals surface area (Å²) in [5, 5.41) is 8.07. The summed E-state index contributed by atoms with van der Waals surface area (Å²) in [5.74, 6) is -0.0223. The minimum Gasteiger partial charge on any atom is -0.353 e. The van der Waals surface area contributed by atoms with E-state index in [0.29, 0.717) is 10.7 Å². The lowest BCUT2D eigenvalue weighted by atomic mass is 9.88. The Kier molecular flexibility index (Phi) is 6.02. The molecule has 0 heterocycles. The average Bonchev–Trinajstić information content (AvgIpc) is 3.11. The van der Waals surface area contributed by atoms with Gasteiger partial charge >= 0.3 is 0 Å². The van der Waals surface area contributed by atoms with Crippen molar-refractivity contribution in [1.29, 1.82) is 0 Å². The topological polar surface area (TPSA) is 44.4 Å². The van der Waals surface area contributed by atoms with Crippen molar-refractivity contribution in [2.24, 2.45) is 0 Å². The zero-order chi connectivity index (χ0) is 19.4. The summed E-state index contributed by atoms with van der Waals surface area (Å²) in [7, 11) is 3.48. The van der Waals surface area contributed by atoms with Crippen LogP contribution >= 0.6 is 23.8 Å². The standard InChI is InChI=1S/C21H24ClN3OS/c1-25(2)19(26)15-9-11-16(12-10-15)23-20(27)24-21(13-5-6-14-21)17-7-3-4-8-18(17)22/h3-4,7-12H,5-6,13-14H2,1-2H3,(H2,23,24,27). The van der Waals surface area contributed by atoms with Crippen LogP contribution < -0.4 is 10.6 Å². The second-order valence-electron chi connectivity index (χ2n) is 7.13. The highest BCUT2D eigenvalue weighted by atomic mass is 35.5. The maximum atomic E-state index is 12.0. The first-order valence-electron chi connectivity index (χ1n) is 9.07. The first kappa shape index (κ1) is 19.6. The molecule has 0 atom stereocenters. The molecule has 1 amide bonds. The fourth-order valence-corrected chi connectivity index (χ4v) is 4.25. The van der Waals surface area contributed by atoms with E-state index in [0.717, 1.165) is 42.0 Å². The van der Waals surface area contributed by atoms with Gasteiger partial charge in [-0.1, -0.05) is 42.6 Å². The van der Waals surface area contributed by atoms with Crippen LogP contribution in [0.15, 0.2) is 48.5 Å². The molecule has 2 aromatic carbocycles. The van der Waals surface area contributed by atoms with Crippen LogP contribution in [0.5, 0.6) is 0 Å². The van der Waals surface area contributed by atoms with Gasteiger partial charge in [0.05, 0.1) is 5.54 Å². The minimum atomic E-state index is -0.233. The Balaban J connectivity index is 1.72. The second-order valence-corrected chi connectivity index (χ2v) is 7.94. The molecule has 1 aliphatic carbocycles. The van der Waals surface area contributed by atoms with Crippen molar-refractivity contribution in [1.82, 2.24) is 10.2 Å². The van der Waals surface area contributed by atoms with Gasteiger partial charge in [-0.25, -0.2) is 0 Å². The van der Waals surface area contributed by atoms with E-state index >= 15 is 0 Å². The number of hydrogen-bond acceptors (Lipinski definition) is 2. The van der Waals surface area contributed by atoms with Crippen molar-refractivity contribution in [3.63, 3.8) is 0 Å². The number of halogens is 1. The van der Waals surface area contributed by atoms with Crippen LogP contribution in [-0.4, -0.2) is 30.0 Å². The van der Waals surface area contributed by atoms with Crippen LogP contribution in [0.4, 0.5) is 5.69 Å². The normalized spacial score (nSPS) is 15.2. The van der Waals surface area contributed by atoms with Gasteiger partial charge in [0.2, 0.25) is 0 Å². The number of anilines is 1. The van der Waals surface area contributed by atoms with Crippen LogP contribution in [-0.2, 0) is 5.54 Å². The molecule has 0 bridgehead atoms. The van der Waals surface area contributed by atoms with Crippen LogP contribution in [0.1, 0.15) is 41.6 Å². The van der Waals surface area contributed by atoms with E-state index in [9.17, 15) is 4.79 Å².